The molecule has 2 N–H and O–H groups in total. The third-order valence-corrected chi connectivity index (χ3v) is 2.99. The molecule has 0 aliphatic heterocycles. The number of carboxylic acids is 1. The zero-order chi connectivity index (χ0) is 18.3. The van der Waals surface area contributed by atoms with Gasteiger partial charge in [0, 0.05) is 6.08 Å². The third kappa shape index (κ3) is 22.8. The van der Waals surface area contributed by atoms with Gasteiger partial charge in [-0.1, -0.05) is 40.5 Å². The van der Waals surface area contributed by atoms with Crippen LogP contribution in [-0.2, 0) is 4.79 Å². The van der Waals surface area contributed by atoms with Crippen molar-refractivity contribution in [3.05, 3.63) is 46.6 Å². The fourth-order valence-corrected chi connectivity index (χ4v) is 1.72. The molecule has 23 heavy (non-hydrogen) atoms. The van der Waals surface area contributed by atoms with Crippen LogP contribution in [0.2, 0.25) is 0 Å². The molecule has 0 saturated carbocycles. The number of hydrogen-bond donors (Lipinski definition) is 2. The van der Waals surface area contributed by atoms with E-state index in [0.29, 0.717) is 0 Å². The van der Waals surface area contributed by atoms with Gasteiger partial charge < -0.3 is 10.2 Å². The highest BCUT2D eigenvalue weighted by molar-refractivity contribution is 5.80. The molecule has 132 valence electrons. The Labute approximate surface area is 142 Å². The van der Waals surface area contributed by atoms with Gasteiger partial charge in [-0.2, -0.15) is 0 Å². The topological polar surface area (TPSA) is 57.5 Å². The van der Waals surface area contributed by atoms with E-state index < -0.39 is 5.97 Å². The van der Waals surface area contributed by atoms with Gasteiger partial charge in [0.1, 0.15) is 0 Å². The van der Waals surface area contributed by atoms with E-state index in [2.05, 4.69) is 32.9 Å². The van der Waals surface area contributed by atoms with Gasteiger partial charge in [0.25, 0.3) is 0 Å². The number of aliphatic carboxylic acids is 1. The number of rotatable bonds is 8. The van der Waals surface area contributed by atoms with Crippen LogP contribution in [0, 0.1) is 0 Å². The Morgan fingerprint density at radius 2 is 1.22 bits per heavy atom. The van der Waals surface area contributed by atoms with Gasteiger partial charge in [-0.15, -0.1) is 0 Å². The van der Waals surface area contributed by atoms with Gasteiger partial charge in [0.2, 0.25) is 0 Å². The SMILES string of the molecule is CC(C)=CCC/C(C)=C/C(=O)O.CC(C)=CCC/C(C)=C/CO. The van der Waals surface area contributed by atoms with Gasteiger partial charge >= 0.3 is 5.97 Å². The van der Waals surface area contributed by atoms with Crippen molar-refractivity contribution in [2.75, 3.05) is 6.61 Å². The molecule has 0 aromatic heterocycles. The van der Waals surface area contributed by atoms with Crippen LogP contribution in [0.15, 0.2) is 46.6 Å². The molecule has 0 aromatic carbocycles. The molecule has 0 fully saturated rings. The van der Waals surface area contributed by atoms with Crippen molar-refractivity contribution in [1.29, 1.82) is 0 Å². The molecule has 0 aliphatic carbocycles. The molecule has 0 atom stereocenters. The van der Waals surface area contributed by atoms with Gasteiger partial charge in [0.05, 0.1) is 6.61 Å². The van der Waals surface area contributed by atoms with Crippen molar-refractivity contribution in [3.8, 4) is 0 Å². The predicted molar refractivity (Wildman–Crippen MR) is 99.6 cm³/mol. The summed E-state index contributed by atoms with van der Waals surface area (Å²) in [5.41, 5.74) is 4.82. The monoisotopic (exact) mass is 322 g/mol. The summed E-state index contributed by atoms with van der Waals surface area (Å²) in [6.45, 7) is 12.3. The maximum absolute atomic E-state index is 10.2. The van der Waals surface area contributed by atoms with E-state index in [0.717, 1.165) is 31.3 Å². The van der Waals surface area contributed by atoms with E-state index in [-0.39, 0.29) is 6.61 Å². The molecule has 0 radical (unpaired) electrons. The number of carbonyl (C=O) groups is 1. The third-order valence-electron chi connectivity index (χ3n) is 2.99. The Morgan fingerprint density at radius 1 is 0.783 bits per heavy atom. The van der Waals surface area contributed by atoms with Crippen LogP contribution in [-0.4, -0.2) is 22.8 Å². The molecule has 0 amide bonds. The quantitative estimate of drug-likeness (QED) is 0.462. The fourth-order valence-electron chi connectivity index (χ4n) is 1.72. The lowest BCUT2D eigenvalue weighted by molar-refractivity contribution is -0.131. The second-order valence-corrected chi connectivity index (χ2v) is 6.20. The molecular formula is C20H34O3. The number of hydrogen-bond acceptors (Lipinski definition) is 2. The first-order chi connectivity index (χ1) is 10.7. The summed E-state index contributed by atoms with van der Waals surface area (Å²) in [5, 5.41) is 17.0. The number of aliphatic hydroxyl groups is 1. The molecular weight excluding hydrogens is 288 g/mol. The second kappa shape index (κ2) is 15.3. The van der Waals surface area contributed by atoms with Gasteiger partial charge in [0.15, 0.2) is 0 Å². The molecule has 0 unspecified atom stereocenters. The summed E-state index contributed by atoms with van der Waals surface area (Å²) in [7, 11) is 0. The summed E-state index contributed by atoms with van der Waals surface area (Å²) >= 11 is 0. The van der Waals surface area contributed by atoms with Crippen LogP contribution >= 0.6 is 0 Å². The molecule has 0 rings (SSSR count). The van der Waals surface area contributed by atoms with Crippen molar-refractivity contribution in [3.63, 3.8) is 0 Å². The summed E-state index contributed by atoms with van der Waals surface area (Å²) < 4.78 is 0. The van der Waals surface area contributed by atoms with Crippen LogP contribution in [0.5, 0.6) is 0 Å². The Hall–Kier alpha value is -1.61. The molecule has 3 heteroatoms. The Bertz CT molecular complexity index is 444. The molecule has 0 aromatic rings. The Kier molecular flexibility index (Phi) is 15.7. The lowest BCUT2D eigenvalue weighted by atomic mass is 10.1. The average Bonchev–Trinajstić information content (AvgIpc) is 2.37. The van der Waals surface area contributed by atoms with Crippen molar-refractivity contribution >= 4 is 5.97 Å². The van der Waals surface area contributed by atoms with Gasteiger partial charge in [-0.05, 0) is 67.2 Å². The summed E-state index contributed by atoms with van der Waals surface area (Å²) in [6.07, 6.45) is 11.4. The van der Waals surface area contributed by atoms with E-state index in [9.17, 15) is 4.79 Å². The lowest BCUT2D eigenvalue weighted by Gasteiger charge is -1.96. The lowest BCUT2D eigenvalue weighted by Crippen LogP contribution is -1.89. The Balaban J connectivity index is 0. The molecule has 0 aliphatic rings. The molecule has 0 saturated heterocycles. The fraction of sp³-hybridized carbons (Fsp3) is 0.550. The summed E-state index contributed by atoms with van der Waals surface area (Å²) in [6, 6.07) is 0. The number of carboxylic acid groups (broad SMARTS) is 1. The normalized spacial score (nSPS) is 11.3. The number of allylic oxidation sites excluding steroid dienone is 6. The summed E-state index contributed by atoms with van der Waals surface area (Å²) in [5.74, 6) is -0.857. The van der Waals surface area contributed by atoms with E-state index in [4.69, 9.17) is 10.2 Å². The maximum atomic E-state index is 10.2. The largest absolute Gasteiger partial charge is 0.478 e. The van der Waals surface area contributed by atoms with Gasteiger partial charge in [-0.3, -0.25) is 0 Å². The maximum Gasteiger partial charge on any atom is 0.328 e. The van der Waals surface area contributed by atoms with Crippen molar-refractivity contribution in [1.82, 2.24) is 0 Å². The smallest absolute Gasteiger partial charge is 0.328 e. The van der Waals surface area contributed by atoms with Gasteiger partial charge in [-0.25, -0.2) is 4.79 Å². The first kappa shape index (κ1) is 23.7. The van der Waals surface area contributed by atoms with Crippen molar-refractivity contribution in [2.24, 2.45) is 0 Å². The first-order valence-electron chi connectivity index (χ1n) is 8.12. The second-order valence-electron chi connectivity index (χ2n) is 6.20. The summed E-state index contributed by atoms with van der Waals surface area (Å²) in [4.78, 5) is 10.2. The minimum absolute atomic E-state index is 0.167. The van der Waals surface area contributed by atoms with Crippen LogP contribution in [0.25, 0.3) is 0 Å². The van der Waals surface area contributed by atoms with Crippen LogP contribution in [0.4, 0.5) is 0 Å². The molecule has 3 nitrogen and oxygen atoms in total. The van der Waals surface area contributed by atoms with Crippen LogP contribution in [0.1, 0.15) is 67.2 Å². The van der Waals surface area contributed by atoms with Crippen LogP contribution in [0.3, 0.4) is 0 Å². The van der Waals surface area contributed by atoms with E-state index in [1.807, 2.05) is 26.8 Å². The standard InChI is InChI=1S/C10H16O2.C10H18O/c1-8(2)5-4-6-9(3)7-10(11)12;1-9(2)5-4-6-10(3)7-8-11/h5,7H,4,6H2,1-3H3,(H,11,12);5,7,11H,4,6,8H2,1-3H3/b9-7+;10-7+. The Morgan fingerprint density at radius 3 is 1.57 bits per heavy atom. The highest BCUT2D eigenvalue weighted by atomic mass is 16.4. The van der Waals surface area contributed by atoms with E-state index >= 15 is 0 Å². The van der Waals surface area contributed by atoms with Crippen LogP contribution < -0.4 is 0 Å². The highest BCUT2D eigenvalue weighted by Crippen LogP contribution is 2.06. The highest BCUT2D eigenvalue weighted by Gasteiger charge is 1.92. The van der Waals surface area contributed by atoms with Crippen molar-refractivity contribution < 1.29 is 15.0 Å². The van der Waals surface area contributed by atoms with E-state index in [1.54, 1.807) is 0 Å². The minimum Gasteiger partial charge on any atom is -0.478 e. The van der Waals surface area contributed by atoms with Crippen molar-refractivity contribution in [2.45, 2.75) is 67.2 Å². The minimum atomic E-state index is -0.857. The van der Waals surface area contributed by atoms with E-state index in [1.165, 1.54) is 22.8 Å². The zero-order valence-corrected chi connectivity index (χ0v) is 15.6. The first-order valence-corrected chi connectivity index (χ1v) is 8.12. The predicted octanol–water partition coefficient (Wildman–Crippen LogP) is 5.44. The molecule has 0 bridgehead atoms. The number of aliphatic hydroxyl groups excluding tert-OH is 1. The molecule has 0 spiro atoms. The average molecular weight is 322 g/mol. The molecule has 0 heterocycles. The zero-order valence-electron chi connectivity index (χ0n) is 15.6.